The van der Waals surface area contributed by atoms with Gasteiger partial charge in [0.2, 0.25) is 0 Å². The third-order valence-corrected chi connectivity index (χ3v) is 3.11. The van der Waals surface area contributed by atoms with Gasteiger partial charge in [0.05, 0.1) is 0 Å². The zero-order chi connectivity index (χ0) is 16.1. The van der Waals surface area contributed by atoms with Crippen LogP contribution >= 0.6 is 0 Å². The summed E-state index contributed by atoms with van der Waals surface area (Å²) in [6, 6.07) is 3.53. The van der Waals surface area contributed by atoms with Crippen LogP contribution in [-0.2, 0) is 4.79 Å². The first-order chi connectivity index (χ1) is 10.5. The van der Waals surface area contributed by atoms with Crippen molar-refractivity contribution in [3.05, 3.63) is 18.2 Å². The summed E-state index contributed by atoms with van der Waals surface area (Å²) >= 11 is 0. The van der Waals surface area contributed by atoms with E-state index in [1.165, 1.54) is 0 Å². The Labute approximate surface area is 128 Å². The quantitative estimate of drug-likeness (QED) is 0.774. The third-order valence-electron chi connectivity index (χ3n) is 3.11. The van der Waals surface area contributed by atoms with Crippen LogP contribution in [0.25, 0.3) is 0 Å². The number of rotatable bonds is 5. The van der Waals surface area contributed by atoms with Crippen molar-refractivity contribution in [2.24, 2.45) is 5.92 Å². The van der Waals surface area contributed by atoms with E-state index < -0.39 is 18.0 Å². The van der Waals surface area contributed by atoms with Gasteiger partial charge in [-0.1, -0.05) is 13.8 Å². The minimum Gasteiger partial charge on any atom is -0.486 e. The van der Waals surface area contributed by atoms with Crippen LogP contribution in [0.3, 0.4) is 0 Å². The summed E-state index contributed by atoms with van der Waals surface area (Å²) < 4.78 is 10.8. The molecule has 0 saturated heterocycles. The van der Waals surface area contributed by atoms with Gasteiger partial charge in [0, 0.05) is 11.8 Å². The SMILES string of the molecule is CC(C)C[C@H](NC(=O)Nc1ccc2c(c1)OCCO2)C(=O)O. The highest BCUT2D eigenvalue weighted by atomic mass is 16.6. The minimum absolute atomic E-state index is 0.163. The van der Waals surface area contributed by atoms with E-state index in [2.05, 4.69) is 10.6 Å². The molecule has 0 bridgehead atoms. The lowest BCUT2D eigenvalue weighted by Crippen LogP contribution is -2.43. The van der Waals surface area contributed by atoms with Crippen molar-refractivity contribution in [2.45, 2.75) is 26.3 Å². The highest BCUT2D eigenvalue weighted by Gasteiger charge is 2.21. The third kappa shape index (κ3) is 4.28. The van der Waals surface area contributed by atoms with Crippen LogP contribution in [0.1, 0.15) is 20.3 Å². The maximum absolute atomic E-state index is 11.9. The lowest BCUT2D eigenvalue weighted by Gasteiger charge is -2.20. The molecule has 3 N–H and O–H groups in total. The number of carbonyl (C=O) groups excluding carboxylic acids is 1. The molecule has 2 rings (SSSR count). The van der Waals surface area contributed by atoms with Gasteiger partial charge in [-0.25, -0.2) is 9.59 Å². The molecule has 22 heavy (non-hydrogen) atoms. The highest BCUT2D eigenvalue weighted by Crippen LogP contribution is 2.32. The van der Waals surface area contributed by atoms with Crippen LogP contribution in [0, 0.1) is 5.92 Å². The molecule has 0 aromatic heterocycles. The Bertz CT molecular complexity index is 559. The molecule has 0 radical (unpaired) electrons. The topological polar surface area (TPSA) is 96.9 Å². The molecule has 1 aromatic rings. The molecule has 1 aromatic carbocycles. The molecule has 7 heteroatoms. The number of anilines is 1. The Kier molecular flexibility index (Phi) is 5.08. The first-order valence-corrected chi connectivity index (χ1v) is 7.15. The number of ether oxygens (including phenoxy) is 2. The van der Waals surface area contributed by atoms with Gasteiger partial charge in [-0.2, -0.15) is 0 Å². The van der Waals surface area contributed by atoms with Crippen molar-refractivity contribution >= 4 is 17.7 Å². The number of fused-ring (bicyclic) bond motifs is 1. The summed E-state index contributed by atoms with van der Waals surface area (Å²) in [6.45, 7) is 4.75. The number of carboxylic acid groups (broad SMARTS) is 1. The first-order valence-electron chi connectivity index (χ1n) is 7.15. The summed E-state index contributed by atoms with van der Waals surface area (Å²) in [5.41, 5.74) is 0.510. The molecule has 0 unspecified atom stereocenters. The van der Waals surface area contributed by atoms with Crippen molar-refractivity contribution in [2.75, 3.05) is 18.5 Å². The largest absolute Gasteiger partial charge is 0.486 e. The maximum Gasteiger partial charge on any atom is 0.326 e. The maximum atomic E-state index is 11.9. The van der Waals surface area contributed by atoms with Gasteiger partial charge in [-0.05, 0) is 24.5 Å². The van der Waals surface area contributed by atoms with Crippen molar-refractivity contribution in [3.8, 4) is 11.5 Å². The van der Waals surface area contributed by atoms with Crippen molar-refractivity contribution < 1.29 is 24.2 Å². The summed E-state index contributed by atoms with van der Waals surface area (Å²) in [6.07, 6.45) is 0.365. The monoisotopic (exact) mass is 308 g/mol. The van der Waals surface area contributed by atoms with Crippen molar-refractivity contribution in [3.63, 3.8) is 0 Å². The lowest BCUT2D eigenvalue weighted by molar-refractivity contribution is -0.139. The fourth-order valence-corrected chi connectivity index (χ4v) is 2.14. The molecule has 0 saturated carbocycles. The molecule has 7 nitrogen and oxygen atoms in total. The van der Waals surface area contributed by atoms with Crippen LogP contribution in [-0.4, -0.2) is 36.4 Å². The fourth-order valence-electron chi connectivity index (χ4n) is 2.14. The second kappa shape index (κ2) is 7.02. The smallest absolute Gasteiger partial charge is 0.326 e. The Balaban J connectivity index is 1.97. The number of hydrogen-bond donors (Lipinski definition) is 3. The lowest BCUT2D eigenvalue weighted by atomic mass is 10.0. The van der Waals surface area contributed by atoms with Gasteiger partial charge in [0.1, 0.15) is 19.3 Å². The molecule has 1 atom stereocenters. The van der Waals surface area contributed by atoms with Gasteiger partial charge in [0.15, 0.2) is 11.5 Å². The summed E-state index contributed by atoms with van der Waals surface area (Å²) in [7, 11) is 0. The summed E-state index contributed by atoms with van der Waals surface area (Å²) in [5.74, 6) is 0.295. The second-order valence-corrected chi connectivity index (χ2v) is 5.48. The van der Waals surface area contributed by atoms with E-state index in [-0.39, 0.29) is 5.92 Å². The number of amides is 2. The van der Waals surface area contributed by atoms with E-state index in [0.717, 1.165) is 0 Å². The Morgan fingerprint density at radius 2 is 1.91 bits per heavy atom. The summed E-state index contributed by atoms with van der Waals surface area (Å²) in [5, 5.41) is 14.2. The van der Waals surface area contributed by atoms with Gasteiger partial charge >= 0.3 is 12.0 Å². The van der Waals surface area contributed by atoms with E-state index >= 15 is 0 Å². The molecule has 120 valence electrons. The standard InChI is InChI=1S/C15H20N2O5/c1-9(2)7-11(14(18)19)17-15(20)16-10-3-4-12-13(8-10)22-6-5-21-12/h3-4,8-9,11H,5-7H2,1-2H3,(H,18,19)(H2,16,17,20)/t11-/m0/s1. The number of carbonyl (C=O) groups is 2. The number of aliphatic carboxylic acids is 1. The summed E-state index contributed by atoms with van der Waals surface area (Å²) in [4.78, 5) is 23.1. The number of benzene rings is 1. The van der Waals surface area contributed by atoms with E-state index in [1.54, 1.807) is 18.2 Å². The minimum atomic E-state index is -1.05. The number of urea groups is 1. The van der Waals surface area contributed by atoms with Gasteiger partial charge < -0.3 is 25.2 Å². The molecule has 0 fully saturated rings. The highest BCUT2D eigenvalue weighted by molar-refractivity contribution is 5.92. The Morgan fingerprint density at radius 3 is 2.55 bits per heavy atom. The predicted octanol–water partition coefficient (Wildman–Crippen LogP) is 2.08. The predicted molar refractivity (Wildman–Crippen MR) is 80.5 cm³/mol. The normalized spacial score (nSPS) is 14.3. The molecule has 2 amide bonds. The van der Waals surface area contributed by atoms with E-state index in [0.29, 0.717) is 36.8 Å². The molecule has 1 aliphatic rings. The van der Waals surface area contributed by atoms with E-state index in [1.807, 2.05) is 13.8 Å². The van der Waals surface area contributed by atoms with Gasteiger partial charge in [0.25, 0.3) is 0 Å². The molecule has 0 aliphatic carbocycles. The molecular weight excluding hydrogens is 288 g/mol. The second-order valence-electron chi connectivity index (χ2n) is 5.48. The first kappa shape index (κ1) is 15.9. The molecule has 1 heterocycles. The van der Waals surface area contributed by atoms with E-state index in [4.69, 9.17) is 14.6 Å². The fraction of sp³-hybridized carbons (Fsp3) is 0.467. The van der Waals surface area contributed by atoms with Crippen molar-refractivity contribution in [1.29, 1.82) is 0 Å². The van der Waals surface area contributed by atoms with Crippen LogP contribution in [0.5, 0.6) is 11.5 Å². The zero-order valence-corrected chi connectivity index (χ0v) is 12.6. The van der Waals surface area contributed by atoms with Gasteiger partial charge in [-0.3, -0.25) is 0 Å². The number of carboxylic acids is 1. The average molecular weight is 308 g/mol. The molecule has 1 aliphatic heterocycles. The molecular formula is C15H20N2O5. The Hall–Kier alpha value is -2.44. The number of nitrogens with one attached hydrogen (secondary N) is 2. The molecule has 0 spiro atoms. The van der Waals surface area contributed by atoms with E-state index in [9.17, 15) is 9.59 Å². The van der Waals surface area contributed by atoms with Crippen molar-refractivity contribution in [1.82, 2.24) is 5.32 Å². The van der Waals surface area contributed by atoms with Crippen LogP contribution < -0.4 is 20.1 Å². The van der Waals surface area contributed by atoms with Crippen LogP contribution in [0.15, 0.2) is 18.2 Å². The zero-order valence-electron chi connectivity index (χ0n) is 12.6. The average Bonchev–Trinajstić information content (AvgIpc) is 2.45. The van der Waals surface area contributed by atoms with Gasteiger partial charge in [-0.15, -0.1) is 0 Å². The Morgan fingerprint density at radius 1 is 1.23 bits per heavy atom. The van der Waals surface area contributed by atoms with Crippen LogP contribution in [0.4, 0.5) is 10.5 Å². The van der Waals surface area contributed by atoms with Crippen LogP contribution in [0.2, 0.25) is 0 Å². The number of hydrogen-bond acceptors (Lipinski definition) is 4.